The molecular formula is C6H15N4O5PS. The molecular weight excluding hydrogens is 271 g/mol. The summed E-state index contributed by atoms with van der Waals surface area (Å²) in [5.74, 6) is -0.261. The maximum Gasteiger partial charge on any atom is 0.340 e. The molecule has 0 aliphatic carbocycles. The van der Waals surface area contributed by atoms with Crippen molar-refractivity contribution in [1.82, 2.24) is 9.81 Å². The number of hydrogen-bond donors (Lipinski definition) is 5. The molecule has 1 rings (SSSR count). The fourth-order valence-corrected chi connectivity index (χ4v) is 4.40. The number of nitrogens with one attached hydrogen (secondary N) is 2. The molecule has 3 atom stereocenters. The van der Waals surface area contributed by atoms with Crippen LogP contribution >= 0.6 is 7.44 Å². The van der Waals surface area contributed by atoms with Gasteiger partial charge in [-0.2, -0.15) is 8.42 Å². The average Bonchev–Trinajstić information content (AvgIpc) is 2.06. The minimum atomic E-state index is -4.66. The normalized spacial score (nSPS) is 29.5. The van der Waals surface area contributed by atoms with E-state index in [0.29, 0.717) is 6.42 Å². The lowest BCUT2D eigenvalue weighted by molar-refractivity contribution is -0.123. The summed E-state index contributed by atoms with van der Waals surface area (Å²) in [6.07, 6.45) is 0.320. The fraction of sp³-hybridized carbons (Fsp3) is 0.833. The number of carbonyl (C=O) groups excluding carboxylic acids is 1. The third-order valence-corrected chi connectivity index (χ3v) is 5.40. The Labute approximate surface area is 98.7 Å². The smallest absolute Gasteiger partial charge is 0.340 e. The summed E-state index contributed by atoms with van der Waals surface area (Å²) in [7, 11) is -8.48. The highest BCUT2D eigenvalue weighted by Crippen LogP contribution is 2.33. The molecule has 1 aliphatic rings. The Bertz CT molecular complexity index is 451. The number of hydrogen-bond acceptors (Lipinski definition) is 5. The summed E-state index contributed by atoms with van der Waals surface area (Å²) in [6.45, 7) is 0. The SMILES string of the molecule is N[C@H]1CCC(=O)N[C@@H]1CP(N)(=O)NS(=O)(=O)O. The minimum Gasteiger partial charge on any atom is -0.351 e. The van der Waals surface area contributed by atoms with E-state index in [1.54, 1.807) is 0 Å². The molecule has 1 heterocycles. The van der Waals surface area contributed by atoms with Gasteiger partial charge in [-0.05, 0) is 6.42 Å². The van der Waals surface area contributed by atoms with Gasteiger partial charge in [-0.15, -0.1) is 4.49 Å². The van der Waals surface area contributed by atoms with E-state index in [2.05, 4.69) is 5.32 Å². The van der Waals surface area contributed by atoms with Gasteiger partial charge in [0.25, 0.3) is 0 Å². The summed E-state index contributed by atoms with van der Waals surface area (Å²) in [6, 6.07) is -1.13. The molecule has 11 heteroatoms. The first-order chi connectivity index (χ1) is 7.59. The first-order valence-electron chi connectivity index (χ1n) is 4.78. The number of nitrogens with two attached hydrogens (primary N) is 2. The zero-order chi connectivity index (χ0) is 13.3. The standard InChI is InChI=1S/C6H15N4O5PS/c7-4-1-2-6(11)9-5(4)3-16(8,12)10-17(13,14)15/h4-5H,1-3,7H2,(H,9,11)(H3,8,10,12)(H,13,14,15)/t4-,5+,16?/m0/s1. The van der Waals surface area contributed by atoms with Gasteiger partial charge in [0.05, 0.1) is 6.04 Å². The Hall–Kier alpha value is -0.510. The third-order valence-electron chi connectivity index (χ3n) is 2.31. The molecule has 0 aromatic carbocycles. The molecule has 0 aromatic heterocycles. The highest BCUT2D eigenvalue weighted by molar-refractivity contribution is 7.91. The summed E-state index contributed by atoms with van der Waals surface area (Å²) < 4.78 is 42.6. The Balaban J connectivity index is 2.69. The van der Waals surface area contributed by atoms with Crippen molar-refractivity contribution in [2.75, 3.05) is 6.16 Å². The Morgan fingerprint density at radius 3 is 2.71 bits per heavy atom. The predicted molar refractivity (Wildman–Crippen MR) is 60.5 cm³/mol. The van der Waals surface area contributed by atoms with Gasteiger partial charge in [0, 0.05) is 18.6 Å². The van der Waals surface area contributed by atoms with Gasteiger partial charge in [-0.3, -0.25) is 19.4 Å². The van der Waals surface area contributed by atoms with Crippen LogP contribution in [0.4, 0.5) is 0 Å². The van der Waals surface area contributed by atoms with Crippen LogP contribution in [0.5, 0.6) is 0 Å². The third kappa shape index (κ3) is 5.11. The molecule has 9 nitrogen and oxygen atoms in total. The second-order valence-corrected chi connectivity index (χ2v) is 7.56. The molecule has 1 aliphatic heterocycles. The first-order valence-corrected chi connectivity index (χ1v) is 8.18. The molecule has 0 saturated carbocycles. The molecule has 7 N–H and O–H groups in total. The summed E-state index contributed by atoms with van der Waals surface area (Å²) in [4.78, 5) is 11.1. The van der Waals surface area contributed by atoms with E-state index >= 15 is 0 Å². The number of piperidine rings is 1. The molecule has 17 heavy (non-hydrogen) atoms. The molecule has 1 saturated heterocycles. The lowest BCUT2D eigenvalue weighted by Crippen LogP contribution is -2.54. The Morgan fingerprint density at radius 1 is 1.59 bits per heavy atom. The van der Waals surface area contributed by atoms with E-state index in [9.17, 15) is 17.8 Å². The first kappa shape index (κ1) is 14.6. The second kappa shape index (κ2) is 5.01. The van der Waals surface area contributed by atoms with Crippen molar-refractivity contribution in [3.05, 3.63) is 0 Å². The van der Waals surface area contributed by atoms with Crippen LogP contribution < -0.4 is 21.0 Å². The lowest BCUT2D eigenvalue weighted by Gasteiger charge is -2.30. The number of amides is 1. The van der Waals surface area contributed by atoms with Gasteiger partial charge >= 0.3 is 10.3 Å². The van der Waals surface area contributed by atoms with Crippen LogP contribution in [-0.4, -0.2) is 37.1 Å². The van der Waals surface area contributed by atoms with Crippen molar-refractivity contribution >= 4 is 23.7 Å². The van der Waals surface area contributed by atoms with E-state index < -0.39 is 29.8 Å². The average molecular weight is 286 g/mol. The van der Waals surface area contributed by atoms with E-state index in [-0.39, 0.29) is 18.5 Å². The van der Waals surface area contributed by atoms with Gasteiger partial charge in [-0.25, -0.2) is 0 Å². The number of rotatable bonds is 4. The maximum atomic E-state index is 11.7. The fourth-order valence-electron chi connectivity index (χ4n) is 1.59. The van der Waals surface area contributed by atoms with Crippen molar-refractivity contribution in [3.63, 3.8) is 0 Å². The van der Waals surface area contributed by atoms with E-state index in [1.165, 1.54) is 4.49 Å². The van der Waals surface area contributed by atoms with Crippen molar-refractivity contribution in [1.29, 1.82) is 0 Å². The van der Waals surface area contributed by atoms with Crippen LogP contribution in [0.15, 0.2) is 0 Å². The monoisotopic (exact) mass is 286 g/mol. The molecule has 0 bridgehead atoms. The summed E-state index contributed by atoms with van der Waals surface area (Å²) >= 11 is 0. The van der Waals surface area contributed by atoms with E-state index in [1.807, 2.05) is 0 Å². The topological polar surface area (TPSA) is 165 Å². The quantitative estimate of drug-likeness (QED) is 0.298. The largest absolute Gasteiger partial charge is 0.351 e. The maximum absolute atomic E-state index is 11.7. The molecule has 0 radical (unpaired) electrons. The van der Waals surface area contributed by atoms with Crippen LogP contribution in [0.2, 0.25) is 0 Å². The van der Waals surface area contributed by atoms with Gasteiger partial charge in [0.15, 0.2) is 0 Å². The van der Waals surface area contributed by atoms with Crippen LogP contribution in [0.25, 0.3) is 0 Å². The lowest BCUT2D eigenvalue weighted by atomic mass is 10.0. The van der Waals surface area contributed by atoms with E-state index in [4.69, 9.17) is 15.8 Å². The van der Waals surface area contributed by atoms with Gasteiger partial charge < -0.3 is 11.1 Å². The van der Waals surface area contributed by atoms with Crippen molar-refractivity contribution in [2.24, 2.45) is 11.2 Å². The highest BCUT2D eigenvalue weighted by atomic mass is 32.2. The Kier molecular flexibility index (Phi) is 4.28. The zero-order valence-corrected chi connectivity index (χ0v) is 10.6. The van der Waals surface area contributed by atoms with Crippen molar-refractivity contribution < 1.29 is 22.3 Å². The number of carbonyl (C=O) groups is 1. The van der Waals surface area contributed by atoms with Crippen LogP contribution in [-0.2, 0) is 19.7 Å². The predicted octanol–water partition coefficient (Wildman–Crippen LogP) is -1.86. The molecule has 0 spiro atoms. The van der Waals surface area contributed by atoms with Gasteiger partial charge in [0.1, 0.15) is 0 Å². The van der Waals surface area contributed by atoms with E-state index in [0.717, 1.165) is 0 Å². The molecule has 1 amide bonds. The minimum absolute atomic E-state index is 0.261. The van der Waals surface area contributed by atoms with Crippen LogP contribution in [0.3, 0.4) is 0 Å². The summed E-state index contributed by atoms with van der Waals surface area (Å²) in [5, 5.41) is 2.48. The molecule has 0 aromatic rings. The zero-order valence-electron chi connectivity index (χ0n) is 8.87. The second-order valence-electron chi connectivity index (χ2n) is 3.92. The molecule has 100 valence electrons. The van der Waals surface area contributed by atoms with Crippen LogP contribution in [0.1, 0.15) is 12.8 Å². The van der Waals surface area contributed by atoms with Crippen molar-refractivity contribution in [3.8, 4) is 0 Å². The Morgan fingerprint density at radius 2 is 2.18 bits per heavy atom. The van der Waals surface area contributed by atoms with Crippen LogP contribution in [0, 0.1) is 0 Å². The van der Waals surface area contributed by atoms with Gasteiger partial charge in [0.2, 0.25) is 13.4 Å². The van der Waals surface area contributed by atoms with Crippen molar-refractivity contribution in [2.45, 2.75) is 24.9 Å². The molecule has 1 unspecified atom stereocenters. The molecule has 1 fully saturated rings. The summed E-state index contributed by atoms with van der Waals surface area (Å²) in [5.41, 5.74) is 10.9. The highest BCUT2D eigenvalue weighted by Gasteiger charge is 2.33. The van der Waals surface area contributed by atoms with Gasteiger partial charge in [-0.1, -0.05) is 0 Å².